The monoisotopic (exact) mass is 358 g/mol. The maximum Gasteiger partial charge on any atom is 0.223 e. The van der Waals surface area contributed by atoms with Crippen LogP contribution in [0.1, 0.15) is 18.9 Å². The number of hydrogen-bond donors (Lipinski definition) is 1. The summed E-state index contributed by atoms with van der Waals surface area (Å²) in [5.74, 6) is 0.821. The Morgan fingerprint density at radius 1 is 1.22 bits per heavy atom. The van der Waals surface area contributed by atoms with Gasteiger partial charge in [-0.2, -0.15) is 0 Å². The van der Waals surface area contributed by atoms with Crippen molar-refractivity contribution in [2.45, 2.75) is 19.9 Å². The van der Waals surface area contributed by atoms with Crippen LogP contribution in [0.4, 0.5) is 0 Å². The summed E-state index contributed by atoms with van der Waals surface area (Å²) in [6.07, 6.45) is 0.391. The van der Waals surface area contributed by atoms with Crippen LogP contribution in [0.5, 0.6) is 0 Å². The molecule has 0 fully saturated rings. The summed E-state index contributed by atoms with van der Waals surface area (Å²) in [4.78, 5) is 19.7. The van der Waals surface area contributed by atoms with E-state index in [1.54, 1.807) is 25.1 Å². The van der Waals surface area contributed by atoms with Crippen molar-refractivity contribution in [2.24, 2.45) is 4.99 Å². The van der Waals surface area contributed by atoms with Crippen molar-refractivity contribution >= 4 is 35.1 Å². The fourth-order valence-electron chi connectivity index (χ4n) is 1.94. The molecule has 0 unspecified atom stereocenters. The van der Waals surface area contributed by atoms with E-state index in [1.807, 2.05) is 31.0 Å². The van der Waals surface area contributed by atoms with Crippen LogP contribution in [-0.4, -0.2) is 55.9 Å². The number of hydrogen-bond acceptors (Lipinski definition) is 2. The lowest BCUT2D eigenvalue weighted by Crippen LogP contribution is -2.38. The summed E-state index contributed by atoms with van der Waals surface area (Å²) in [6.45, 7) is 3.86. The standard InChI is InChI=1S/C16H24Cl2N4O/c1-5-19-16(20-9-8-15(23)21(2)3)22(4)11-12-6-7-13(17)14(18)10-12/h6-7,10H,5,8-9,11H2,1-4H3,(H,19,20). The first-order valence-corrected chi connectivity index (χ1v) is 8.24. The zero-order valence-corrected chi connectivity index (χ0v) is 15.6. The van der Waals surface area contributed by atoms with Gasteiger partial charge in [-0.3, -0.25) is 9.79 Å². The van der Waals surface area contributed by atoms with Gasteiger partial charge in [0.1, 0.15) is 0 Å². The number of halogens is 2. The van der Waals surface area contributed by atoms with Crippen molar-refractivity contribution < 1.29 is 4.79 Å². The minimum absolute atomic E-state index is 0.0664. The Balaban J connectivity index is 2.71. The average Bonchev–Trinajstić information content (AvgIpc) is 2.49. The highest BCUT2D eigenvalue weighted by Gasteiger charge is 2.09. The van der Waals surface area contributed by atoms with Gasteiger partial charge in [0.15, 0.2) is 5.96 Å². The van der Waals surface area contributed by atoms with Crippen molar-refractivity contribution in [1.29, 1.82) is 0 Å². The van der Waals surface area contributed by atoms with Crippen LogP contribution in [0.2, 0.25) is 10.0 Å². The maximum atomic E-state index is 11.6. The Hall–Kier alpha value is -1.46. The number of carbonyl (C=O) groups is 1. The largest absolute Gasteiger partial charge is 0.357 e. The second-order valence-electron chi connectivity index (χ2n) is 5.38. The van der Waals surface area contributed by atoms with Crippen molar-refractivity contribution in [3.8, 4) is 0 Å². The van der Waals surface area contributed by atoms with E-state index in [0.717, 1.165) is 18.1 Å². The first kappa shape index (κ1) is 19.6. The first-order chi connectivity index (χ1) is 10.8. The molecule has 0 bridgehead atoms. The minimum Gasteiger partial charge on any atom is -0.357 e. The summed E-state index contributed by atoms with van der Waals surface area (Å²) < 4.78 is 0. The average molecular weight is 359 g/mol. The molecule has 0 saturated heterocycles. The predicted octanol–water partition coefficient (Wildman–Crippen LogP) is 2.87. The zero-order chi connectivity index (χ0) is 17.4. The third kappa shape index (κ3) is 6.67. The zero-order valence-electron chi connectivity index (χ0n) is 14.1. The van der Waals surface area contributed by atoms with E-state index < -0.39 is 0 Å². The molecule has 0 aromatic heterocycles. The number of carbonyl (C=O) groups excluding carboxylic acids is 1. The topological polar surface area (TPSA) is 47.9 Å². The molecule has 23 heavy (non-hydrogen) atoms. The lowest BCUT2D eigenvalue weighted by atomic mass is 10.2. The van der Waals surface area contributed by atoms with E-state index in [1.165, 1.54) is 0 Å². The molecule has 5 nitrogen and oxygen atoms in total. The summed E-state index contributed by atoms with van der Waals surface area (Å²) >= 11 is 12.0. The molecule has 0 atom stereocenters. The van der Waals surface area contributed by atoms with Crippen LogP contribution in [0, 0.1) is 0 Å². The van der Waals surface area contributed by atoms with Crippen molar-refractivity contribution in [3.63, 3.8) is 0 Å². The van der Waals surface area contributed by atoms with Gasteiger partial charge in [0, 0.05) is 40.7 Å². The molecule has 1 aromatic carbocycles. The van der Waals surface area contributed by atoms with Gasteiger partial charge >= 0.3 is 0 Å². The van der Waals surface area contributed by atoms with Gasteiger partial charge in [0.2, 0.25) is 5.91 Å². The summed E-state index contributed by atoms with van der Waals surface area (Å²) in [5, 5.41) is 4.30. The fraction of sp³-hybridized carbons (Fsp3) is 0.500. The normalized spacial score (nSPS) is 11.3. The van der Waals surface area contributed by atoms with Gasteiger partial charge in [-0.15, -0.1) is 0 Å². The molecule has 1 N–H and O–H groups in total. The molecule has 1 amide bonds. The number of nitrogens with zero attached hydrogens (tertiary/aromatic N) is 3. The third-order valence-corrected chi connectivity index (χ3v) is 3.93. The molecule has 0 radical (unpaired) electrons. The molecule has 0 spiro atoms. The predicted molar refractivity (Wildman–Crippen MR) is 97.2 cm³/mol. The molecule has 0 aliphatic rings. The van der Waals surface area contributed by atoms with Gasteiger partial charge < -0.3 is 15.1 Å². The molecule has 1 aromatic rings. The highest BCUT2D eigenvalue weighted by Crippen LogP contribution is 2.23. The summed E-state index contributed by atoms with van der Waals surface area (Å²) in [6, 6.07) is 5.57. The number of benzene rings is 1. The van der Waals surface area contributed by atoms with Gasteiger partial charge in [0.05, 0.1) is 16.6 Å². The lowest BCUT2D eigenvalue weighted by Gasteiger charge is -2.22. The first-order valence-electron chi connectivity index (χ1n) is 7.48. The minimum atomic E-state index is 0.0664. The third-order valence-electron chi connectivity index (χ3n) is 3.19. The lowest BCUT2D eigenvalue weighted by molar-refractivity contribution is -0.128. The van der Waals surface area contributed by atoms with Crippen LogP contribution >= 0.6 is 23.2 Å². The van der Waals surface area contributed by atoms with Crippen LogP contribution < -0.4 is 5.32 Å². The second-order valence-corrected chi connectivity index (χ2v) is 6.19. The second kappa shape index (κ2) is 9.63. The molecular weight excluding hydrogens is 335 g/mol. The van der Waals surface area contributed by atoms with Gasteiger partial charge in [-0.25, -0.2) is 0 Å². The fourth-order valence-corrected chi connectivity index (χ4v) is 2.26. The van der Waals surface area contributed by atoms with Crippen LogP contribution in [0.15, 0.2) is 23.2 Å². The van der Waals surface area contributed by atoms with Gasteiger partial charge in [-0.05, 0) is 24.6 Å². The maximum absolute atomic E-state index is 11.6. The quantitative estimate of drug-likeness (QED) is 0.628. The van der Waals surface area contributed by atoms with E-state index in [2.05, 4.69) is 10.3 Å². The van der Waals surface area contributed by atoms with E-state index in [9.17, 15) is 4.79 Å². The Labute approximate surface area is 148 Å². The number of guanidine groups is 1. The molecule has 0 saturated carbocycles. The molecule has 128 valence electrons. The van der Waals surface area contributed by atoms with Crippen molar-refractivity contribution in [3.05, 3.63) is 33.8 Å². The molecule has 0 heterocycles. The van der Waals surface area contributed by atoms with E-state index >= 15 is 0 Å². The highest BCUT2D eigenvalue weighted by atomic mass is 35.5. The Morgan fingerprint density at radius 2 is 1.91 bits per heavy atom. The van der Waals surface area contributed by atoms with Gasteiger partial charge in [0.25, 0.3) is 0 Å². The van der Waals surface area contributed by atoms with Crippen LogP contribution in [0.3, 0.4) is 0 Å². The number of amides is 1. The SMILES string of the molecule is CCNC(=NCCC(=O)N(C)C)N(C)Cc1ccc(Cl)c(Cl)c1. The number of nitrogens with one attached hydrogen (secondary N) is 1. The van der Waals surface area contributed by atoms with Crippen LogP contribution in [-0.2, 0) is 11.3 Å². The van der Waals surface area contributed by atoms with Gasteiger partial charge in [-0.1, -0.05) is 29.3 Å². The number of rotatable bonds is 6. The molecular formula is C16H24Cl2N4O. The van der Waals surface area contributed by atoms with Crippen molar-refractivity contribution in [2.75, 3.05) is 34.2 Å². The molecule has 1 rings (SSSR count). The smallest absolute Gasteiger partial charge is 0.223 e. The van der Waals surface area contributed by atoms with Crippen molar-refractivity contribution in [1.82, 2.24) is 15.1 Å². The molecule has 7 heteroatoms. The van der Waals surface area contributed by atoms with E-state index in [0.29, 0.717) is 29.6 Å². The van der Waals surface area contributed by atoms with E-state index in [4.69, 9.17) is 23.2 Å². The Bertz CT molecular complexity index is 561. The molecule has 0 aliphatic carbocycles. The summed E-state index contributed by atoms with van der Waals surface area (Å²) in [5.41, 5.74) is 1.04. The Morgan fingerprint density at radius 3 is 2.48 bits per heavy atom. The van der Waals surface area contributed by atoms with Crippen LogP contribution in [0.25, 0.3) is 0 Å². The number of aliphatic imine (C=N–C) groups is 1. The summed E-state index contributed by atoms with van der Waals surface area (Å²) in [7, 11) is 5.43. The molecule has 0 aliphatic heterocycles. The van der Waals surface area contributed by atoms with E-state index in [-0.39, 0.29) is 5.91 Å². The Kier molecular flexibility index (Phi) is 8.20. The highest BCUT2D eigenvalue weighted by molar-refractivity contribution is 6.42.